The van der Waals surface area contributed by atoms with Crippen molar-refractivity contribution in [3.63, 3.8) is 0 Å². The fourth-order valence-corrected chi connectivity index (χ4v) is 3.50. The quantitative estimate of drug-likeness (QED) is 0.604. The average molecular weight is 303 g/mol. The van der Waals surface area contributed by atoms with Crippen LogP contribution in [0.1, 0.15) is 43.9 Å². The molecule has 0 fully saturated rings. The van der Waals surface area contributed by atoms with Crippen LogP contribution >= 0.6 is 11.6 Å². The third-order valence-corrected chi connectivity index (χ3v) is 4.89. The molecule has 2 aromatic carbocycles. The van der Waals surface area contributed by atoms with E-state index in [0.717, 1.165) is 23.4 Å². The lowest BCUT2D eigenvalue weighted by molar-refractivity contribution is 0.277. The van der Waals surface area contributed by atoms with Gasteiger partial charge >= 0.3 is 0 Å². The normalized spacial score (nSPS) is 13.1. The largest absolute Gasteiger partial charge is 0.271 e. The first-order valence-electron chi connectivity index (χ1n) is 7.45. The second kappa shape index (κ2) is 7.08. The smallest absolute Gasteiger partial charge is 0.0571 e. The summed E-state index contributed by atoms with van der Waals surface area (Å²) in [7, 11) is 0. The predicted molar refractivity (Wildman–Crippen MR) is 90.2 cm³/mol. The lowest BCUT2D eigenvalue weighted by atomic mass is 9.68. The molecular formula is C18H23ClN2. The molecule has 1 unspecified atom stereocenters. The molecule has 2 aromatic rings. The van der Waals surface area contributed by atoms with Crippen LogP contribution in [0.15, 0.2) is 54.6 Å². The zero-order chi connectivity index (χ0) is 15.3. The van der Waals surface area contributed by atoms with Gasteiger partial charge in [0, 0.05) is 10.4 Å². The van der Waals surface area contributed by atoms with Crippen LogP contribution in [0.25, 0.3) is 0 Å². The Kier molecular flexibility index (Phi) is 5.40. The van der Waals surface area contributed by atoms with E-state index in [4.69, 9.17) is 17.4 Å². The number of hydrazine groups is 1. The minimum Gasteiger partial charge on any atom is -0.271 e. The molecule has 3 heteroatoms. The van der Waals surface area contributed by atoms with Gasteiger partial charge in [0.1, 0.15) is 0 Å². The van der Waals surface area contributed by atoms with Crippen LogP contribution < -0.4 is 11.3 Å². The van der Waals surface area contributed by atoms with Crippen molar-refractivity contribution in [2.75, 3.05) is 0 Å². The van der Waals surface area contributed by atoms with E-state index in [1.54, 1.807) is 0 Å². The first kappa shape index (κ1) is 16.0. The molecule has 0 amide bonds. The summed E-state index contributed by atoms with van der Waals surface area (Å²) in [6.45, 7) is 4.41. The molecule has 0 spiro atoms. The first-order chi connectivity index (χ1) is 10.2. The molecule has 0 aliphatic heterocycles. The average Bonchev–Trinajstić information content (AvgIpc) is 2.55. The molecule has 112 valence electrons. The fourth-order valence-electron chi connectivity index (χ4n) is 3.26. The molecule has 3 N–H and O–H groups in total. The van der Waals surface area contributed by atoms with E-state index in [1.165, 1.54) is 5.56 Å². The Morgan fingerprint density at radius 3 is 2.10 bits per heavy atom. The summed E-state index contributed by atoms with van der Waals surface area (Å²) < 4.78 is 0. The number of hydrogen-bond acceptors (Lipinski definition) is 2. The van der Waals surface area contributed by atoms with E-state index in [-0.39, 0.29) is 11.5 Å². The third kappa shape index (κ3) is 2.98. The zero-order valence-corrected chi connectivity index (χ0v) is 13.4. The van der Waals surface area contributed by atoms with Crippen molar-refractivity contribution in [2.24, 2.45) is 5.84 Å². The molecule has 0 radical (unpaired) electrons. The zero-order valence-electron chi connectivity index (χ0n) is 12.6. The number of nitrogens with one attached hydrogen (secondary N) is 1. The molecule has 0 aliphatic carbocycles. The summed E-state index contributed by atoms with van der Waals surface area (Å²) >= 11 is 6.41. The van der Waals surface area contributed by atoms with Crippen LogP contribution in [0.2, 0.25) is 5.02 Å². The number of halogens is 1. The second-order valence-electron chi connectivity index (χ2n) is 5.35. The van der Waals surface area contributed by atoms with E-state index in [0.29, 0.717) is 0 Å². The van der Waals surface area contributed by atoms with Gasteiger partial charge in [0.15, 0.2) is 0 Å². The van der Waals surface area contributed by atoms with Gasteiger partial charge in [0.25, 0.3) is 0 Å². The maximum Gasteiger partial charge on any atom is 0.0571 e. The van der Waals surface area contributed by atoms with E-state index in [1.807, 2.05) is 24.3 Å². The SMILES string of the molecule is CCC(CC)(c1ccccc1)C(NN)c1ccccc1Cl. The van der Waals surface area contributed by atoms with E-state index < -0.39 is 0 Å². The number of hydrogen-bond donors (Lipinski definition) is 2. The number of nitrogens with two attached hydrogens (primary N) is 1. The van der Waals surface area contributed by atoms with Crippen molar-refractivity contribution in [1.29, 1.82) is 0 Å². The van der Waals surface area contributed by atoms with Crippen LogP contribution in [-0.4, -0.2) is 0 Å². The molecule has 1 atom stereocenters. The lowest BCUT2D eigenvalue weighted by Crippen LogP contribution is -2.44. The highest BCUT2D eigenvalue weighted by molar-refractivity contribution is 6.31. The summed E-state index contributed by atoms with van der Waals surface area (Å²) in [6, 6.07) is 18.4. The summed E-state index contributed by atoms with van der Waals surface area (Å²) in [5, 5.41) is 0.752. The standard InChI is InChI=1S/C18H23ClN2/c1-3-18(4-2,14-10-6-5-7-11-14)17(21-20)15-12-8-9-13-16(15)19/h5-13,17,21H,3-4,20H2,1-2H3. The molecule has 0 saturated carbocycles. The van der Waals surface area contributed by atoms with Crippen LogP contribution in [-0.2, 0) is 5.41 Å². The number of rotatable bonds is 6. The van der Waals surface area contributed by atoms with Crippen LogP contribution in [0.5, 0.6) is 0 Å². The Morgan fingerprint density at radius 1 is 1.00 bits per heavy atom. The van der Waals surface area contributed by atoms with E-state index >= 15 is 0 Å². The topological polar surface area (TPSA) is 38.0 Å². The maximum absolute atomic E-state index is 6.41. The number of benzene rings is 2. The van der Waals surface area contributed by atoms with Gasteiger partial charge in [-0.15, -0.1) is 0 Å². The molecule has 21 heavy (non-hydrogen) atoms. The van der Waals surface area contributed by atoms with Gasteiger partial charge in [-0.25, -0.2) is 0 Å². The van der Waals surface area contributed by atoms with Gasteiger partial charge in [0.2, 0.25) is 0 Å². The second-order valence-corrected chi connectivity index (χ2v) is 5.76. The van der Waals surface area contributed by atoms with Crippen LogP contribution in [0.3, 0.4) is 0 Å². The van der Waals surface area contributed by atoms with Crippen molar-refractivity contribution in [2.45, 2.75) is 38.1 Å². The third-order valence-electron chi connectivity index (χ3n) is 4.55. The van der Waals surface area contributed by atoms with Crippen molar-refractivity contribution < 1.29 is 0 Å². The highest BCUT2D eigenvalue weighted by atomic mass is 35.5. The molecule has 0 saturated heterocycles. The van der Waals surface area contributed by atoms with Crippen LogP contribution in [0, 0.1) is 0 Å². The molecule has 2 rings (SSSR count). The van der Waals surface area contributed by atoms with Gasteiger partial charge in [-0.1, -0.05) is 74.0 Å². The summed E-state index contributed by atoms with van der Waals surface area (Å²) in [6.07, 6.45) is 1.96. The maximum atomic E-state index is 6.41. The molecule has 0 bridgehead atoms. The van der Waals surface area contributed by atoms with Gasteiger partial charge < -0.3 is 0 Å². The van der Waals surface area contributed by atoms with Gasteiger partial charge in [0.05, 0.1) is 6.04 Å². The van der Waals surface area contributed by atoms with Gasteiger partial charge in [-0.3, -0.25) is 11.3 Å². The van der Waals surface area contributed by atoms with Gasteiger partial charge in [-0.05, 0) is 30.0 Å². The van der Waals surface area contributed by atoms with E-state index in [2.05, 4.69) is 49.6 Å². The van der Waals surface area contributed by atoms with Crippen molar-refractivity contribution in [3.8, 4) is 0 Å². The Morgan fingerprint density at radius 2 is 1.57 bits per heavy atom. The summed E-state index contributed by atoms with van der Waals surface area (Å²) in [4.78, 5) is 0. The molecule has 2 nitrogen and oxygen atoms in total. The molecule has 0 aromatic heterocycles. The van der Waals surface area contributed by atoms with Crippen molar-refractivity contribution >= 4 is 11.6 Å². The lowest BCUT2D eigenvalue weighted by Gasteiger charge is -2.40. The molecule has 0 heterocycles. The highest BCUT2D eigenvalue weighted by Gasteiger charge is 2.38. The van der Waals surface area contributed by atoms with Crippen molar-refractivity contribution in [3.05, 3.63) is 70.7 Å². The van der Waals surface area contributed by atoms with E-state index in [9.17, 15) is 0 Å². The predicted octanol–water partition coefficient (Wildman–Crippen LogP) is 4.60. The van der Waals surface area contributed by atoms with Gasteiger partial charge in [-0.2, -0.15) is 0 Å². The fraction of sp³-hybridized carbons (Fsp3) is 0.333. The minimum absolute atomic E-state index is 0.0244. The molecular weight excluding hydrogens is 280 g/mol. The van der Waals surface area contributed by atoms with Crippen LogP contribution in [0.4, 0.5) is 0 Å². The minimum atomic E-state index is -0.0823. The monoisotopic (exact) mass is 302 g/mol. The molecule has 0 aliphatic rings. The van der Waals surface area contributed by atoms with Crippen molar-refractivity contribution in [1.82, 2.24) is 5.43 Å². The first-order valence-corrected chi connectivity index (χ1v) is 7.83. The Labute approximate surface area is 132 Å². The summed E-state index contributed by atoms with van der Waals surface area (Å²) in [5.41, 5.74) is 5.27. The Balaban J connectivity index is 2.57. The summed E-state index contributed by atoms with van der Waals surface area (Å²) in [5.74, 6) is 5.94. The Bertz CT molecular complexity index is 564. The Hall–Kier alpha value is -1.35. The highest BCUT2D eigenvalue weighted by Crippen LogP contribution is 2.44.